The van der Waals surface area contributed by atoms with Gasteiger partial charge in [0.25, 0.3) is 0 Å². The van der Waals surface area contributed by atoms with Gasteiger partial charge in [0, 0.05) is 6.42 Å². The minimum Gasteiger partial charge on any atom is -0.458 e. The molecule has 0 aliphatic heterocycles. The highest BCUT2D eigenvalue weighted by atomic mass is 16.6. The first-order valence-electron chi connectivity index (χ1n) is 5.92. The van der Waals surface area contributed by atoms with E-state index < -0.39 is 23.8 Å². The summed E-state index contributed by atoms with van der Waals surface area (Å²) in [5, 5.41) is 19.5. The van der Waals surface area contributed by atoms with Crippen LogP contribution in [0.25, 0.3) is 0 Å². The minimum absolute atomic E-state index is 0.210. The highest BCUT2D eigenvalue weighted by Crippen LogP contribution is 2.12. The lowest BCUT2D eigenvalue weighted by Gasteiger charge is -2.23. The molecule has 1 aromatic rings. The van der Waals surface area contributed by atoms with Gasteiger partial charge >= 0.3 is 5.97 Å². The summed E-state index contributed by atoms with van der Waals surface area (Å²) in [5.74, 6) is -0.800. The molecule has 18 heavy (non-hydrogen) atoms. The number of carbonyl (C=O) groups is 1. The third kappa shape index (κ3) is 4.85. The van der Waals surface area contributed by atoms with E-state index in [1.807, 2.05) is 30.3 Å². The maximum Gasteiger partial charge on any atom is 0.338 e. The van der Waals surface area contributed by atoms with Gasteiger partial charge in [-0.3, -0.25) is 0 Å². The van der Waals surface area contributed by atoms with Crippen molar-refractivity contribution in [2.75, 3.05) is 0 Å². The summed E-state index contributed by atoms with van der Waals surface area (Å²) >= 11 is 0. The number of rotatable bonds is 4. The summed E-state index contributed by atoms with van der Waals surface area (Å²) in [7, 11) is 0. The number of hydrogen-bond acceptors (Lipinski definition) is 4. The van der Waals surface area contributed by atoms with Crippen LogP contribution in [-0.4, -0.2) is 34.0 Å². The molecule has 0 unspecified atom stereocenters. The van der Waals surface area contributed by atoms with Crippen molar-refractivity contribution in [1.82, 2.24) is 0 Å². The fourth-order valence-electron chi connectivity index (χ4n) is 1.49. The summed E-state index contributed by atoms with van der Waals surface area (Å²) in [6.45, 7) is 5.13. The lowest BCUT2D eigenvalue weighted by Crippen LogP contribution is -2.40. The number of benzene rings is 1. The highest BCUT2D eigenvalue weighted by Gasteiger charge is 2.29. The molecule has 4 nitrogen and oxygen atoms in total. The molecule has 0 radical (unpaired) electrons. The van der Waals surface area contributed by atoms with Crippen molar-refractivity contribution in [2.45, 2.75) is 45.0 Å². The van der Waals surface area contributed by atoms with Crippen molar-refractivity contribution in [1.29, 1.82) is 0 Å². The van der Waals surface area contributed by atoms with E-state index in [4.69, 9.17) is 4.74 Å². The van der Waals surface area contributed by atoms with Gasteiger partial charge < -0.3 is 14.9 Å². The average Bonchev–Trinajstić information content (AvgIpc) is 2.27. The molecule has 0 aliphatic carbocycles. The number of aliphatic hydroxyl groups excluding tert-OH is 2. The molecule has 4 heteroatoms. The molecule has 0 aliphatic rings. The van der Waals surface area contributed by atoms with Crippen LogP contribution >= 0.6 is 0 Å². The molecule has 0 spiro atoms. The molecule has 2 N–H and O–H groups in total. The second kappa shape index (κ2) is 5.98. The SMILES string of the molecule is CC(C)(C)OC(=O)[C@H](O)[C@@H](O)Cc1ccccc1. The van der Waals surface area contributed by atoms with Crippen LogP contribution in [0.2, 0.25) is 0 Å². The normalized spacial score (nSPS) is 14.9. The molecule has 0 saturated carbocycles. The summed E-state index contributed by atoms with van der Waals surface area (Å²) in [4.78, 5) is 11.6. The molecule has 0 saturated heterocycles. The van der Waals surface area contributed by atoms with E-state index in [9.17, 15) is 15.0 Å². The van der Waals surface area contributed by atoms with Crippen LogP contribution in [0.1, 0.15) is 26.3 Å². The molecule has 2 atom stereocenters. The van der Waals surface area contributed by atoms with Crippen LogP contribution < -0.4 is 0 Å². The zero-order valence-corrected chi connectivity index (χ0v) is 11.0. The van der Waals surface area contributed by atoms with Crippen molar-refractivity contribution >= 4 is 5.97 Å². The maximum atomic E-state index is 11.6. The van der Waals surface area contributed by atoms with Gasteiger partial charge in [0.05, 0.1) is 6.10 Å². The number of aliphatic hydroxyl groups is 2. The van der Waals surface area contributed by atoms with E-state index in [1.165, 1.54) is 0 Å². The smallest absolute Gasteiger partial charge is 0.338 e. The minimum atomic E-state index is -1.52. The van der Waals surface area contributed by atoms with Crippen molar-refractivity contribution in [3.63, 3.8) is 0 Å². The molecular formula is C14H20O4. The second-order valence-corrected chi connectivity index (χ2v) is 5.24. The van der Waals surface area contributed by atoms with Gasteiger partial charge in [0.1, 0.15) is 5.60 Å². The first-order valence-corrected chi connectivity index (χ1v) is 5.92. The van der Waals surface area contributed by atoms with Crippen LogP contribution in [0, 0.1) is 0 Å². The number of carbonyl (C=O) groups excluding carboxylic acids is 1. The second-order valence-electron chi connectivity index (χ2n) is 5.24. The Hall–Kier alpha value is -1.39. The van der Waals surface area contributed by atoms with Gasteiger partial charge in [-0.15, -0.1) is 0 Å². The largest absolute Gasteiger partial charge is 0.458 e. The molecule has 0 amide bonds. The monoisotopic (exact) mass is 252 g/mol. The standard InChI is InChI=1S/C14H20O4/c1-14(2,3)18-13(17)12(16)11(15)9-10-7-5-4-6-8-10/h4-8,11-12,15-16H,9H2,1-3H3/t11-,12+/m0/s1. The zero-order chi connectivity index (χ0) is 13.8. The first-order chi connectivity index (χ1) is 8.29. The quantitative estimate of drug-likeness (QED) is 0.792. The van der Waals surface area contributed by atoms with E-state index in [0.29, 0.717) is 0 Å². The topological polar surface area (TPSA) is 66.8 Å². The van der Waals surface area contributed by atoms with Crippen LogP contribution in [0.5, 0.6) is 0 Å². The van der Waals surface area contributed by atoms with E-state index >= 15 is 0 Å². The molecule has 0 bridgehead atoms. The number of hydrogen-bond donors (Lipinski definition) is 2. The van der Waals surface area contributed by atoms with E-state index in [1.54, 1.807) is 20.8 Å². The van der Waals surface area contributed by atoms with Gasteiger partial charge in [-0.2, -0.15) is 0 Å². The van der Waals surface area contributed by atoms with Crippen LogP contribution in [0.4, 0.5) is 0 Å². The molecule has 0 aromatic heterocycles. The predicted octanol–water partition coefficient (Wildman–Crippen LogP) is 1.29. The number of ether oxygens (including phenoxy) is 1. The van der Waals surface area contributed by atoms with E-state index in [2.05, 4.69) is 0 Å². The fourth-order valence-corrected chi connectivity index (χ4v) is 1.49. The molecule has 1 aromatic carbocycles. The molecule has 0 fully saturated rings. The van der Waals surface area contributed by atoms with Gasteiger partial charge in [-0.25, -0.2) is 4.79 Å². The average molecular weight is 252 g/mol. The Kier molecular flexibility index (Phi) is 4.87. The van der Waals surface area contributed by atoms with Crippen LogP contribution in [0.15, 0.2) is 30.3 Å². The van der Waals surface area contributed by atoms with Gasteiger partial charge in [-0.05, 0) is 26.3 Å². The lowest BCUT2D eigenvalue weighted by molar-refractivity contribution is -0.170. The van der Waals surface area contributed by atoms with Gasteiger partial charge in [-0.1, -0.05) is 30.3 Å². The zero-order valence-electron chi connectivity index (χ0n) is 11.0. The Bertz CT molecular complexity index is 381. The summed E-state index contributed by atoms with van der Waals surface area (Å²) in [5.41, 5.74) is 0.178. The summed E-state index contributed by atoms with van der Waals surface area (Å²) in [6, 6.07) is 9.18. The number of esters is 1. The van der Waals surface area contributed by atoms with Crippen molar-refractivity contribution in [3.05, 3.63) is 35.9 Å². The van der Waals surface area contributed by atoms with Crippen molar-refractivity contribution < 1.29 is 19.7 Å². The first kappa shape index (κ1) is 14.7. The third-order valence-corrected chi connectivity index (χ3v) is 2.30. The Morgan fingerprint density at radius 2 is 1.78 bits per heavy atom. The van der Waals surface area contributed by atoms with E-state index in [0.717, 1.165) is 5.56 Å². The summed E-state index contributed by atoms with van der Waals surface area (Å²) < 4.78 is 5.01. The Balaban J connectivity index is 2.56. The van der Waals surface area contributed by atoms with Crippen LogP contribution in [-0.2, 0) is 16.0 Å². The molecular weight excluding hydrogens is 232 g/mol. The highest BCUT2D eigenvalue weighted by molar-refractivity contribution is 5.75. The van der Waals surface area contributed by atoms with E-state index in [-0.39, 0.29) is 6.42 Å². The maximum absolute atomic E-state index is 11.6. The lowest BCUT2D eigenvalue weighted by atomic mass is 10.0. The Morgan fingerprint density at radius 3 is 2.28 bits per heavy atom. The predicted molar refractivity (Wildman–Crippen MR) is 68.0 cm³/mol. The molecule has 100 valence electrons. The molecule has 0 heterocycles. The van der Waals surface area contributed by atoms with Gasteiger partial charge in [0.2, 0.25) is 0 Å². The Labute approximate surface area is 107 Å². The third-order valence-electron chi connectivity index (χ3n) is 2.30. The van der Waals surface area contributed by atoms with Gasteiger partial charge in [0.15, 0.2) is 6.10 Å². The van der Waals surface area contributed by atoms with Crippen LogP contribution in [0.3, 0.4) is 0 Å². The summed E-state index contributed by atoms with van der Waals surface area (Å²) in [6.07, 6.45) is -2.48. The fraction of sp³-hybridized carbons (Fsp3) is 0.500. The van der Waals surface area contributed by atoms with Crippen molar-refractivity contribution in [3.8, 4) is 0 Å². The Morgan fingerprint density at radius 1 is 1.22 bits per heavy atom. The van der Waals surface area contributed by atoms with Crippen molar-refractivity contribution in [2.24, 2.45) is 0 Å². The molecule has 1 rings (SSSR count).